The minimum absolute atomic E-state index is 0.212. The average molecular weight is 207 g/mol. The van der Waals surface area contributed by atoms with Crippen LogP contribution in [0.4, 0.5) is 0 Å². The Balaban J connectivity index is 1.96. The van der Waals surface area contributed by atoms with E-state index in [2.05, 4.69) is 25.5 Å². The first-order valence-electron chi connectivity index (χ1n) is 4.29. The summed E-state index contributed by atoms with van der Waals surface area (Å²) >= 11 is 0. The van der Waals surface area contributed by atoms with Crippen LogP contribution in [0.3, 0.4) is 0 Å². The van der Waals surface area contributed by atoms with Crippen LogP contribution in [0.15, 0.2) is 23.4 Å². The molecule has 0 aliphatic carbocycles. The smallest absolute Gasteiger partial charge is 0.323 e. The number of nitrogens with one attached hydrogen (secondary N) is 4. The Labute approximate surface area is 83.9 Å². The van der Waals surface area contributed by atoms with E-state index in [1.807, 2.05) is 0 Å². The summed E-state index contributed by atoms with van der Waals surface area (Å²) in [6.07, 6.45) is 4.62. The quantitative estimate of drug-likeness (QED) is 0.537. The maximum atomic E-state index is 11.4. The Kier molecular flexibility index (Phi) is 2.36. The summed E-state index contributed by atoms with van der Waals surface area (Å²) in [5, 5.41) is 8.99. The van der Waals surface area contributed by atoms with E-state index < -0.39 is 5.69 Å². The molecule has 0 unspecified atom stereocenters. The Morgan fingerprint density at radius 2 is 2.33 bits per heavy atom. The molecule has 2 rings (SSSR count). The van der Waals surface area contributed by atoms with Gasteiger partial charge in [0.1, 0.15) is 5.69 Å². The fourth-order valence-corrected chi connectivity index (χ4v) is 1.11. The monoisotopic (exact) mass is 207 g/mol. The lowest BCUT2D eigenvalue weighted by molar-refractivity contribution is 0.0946. The van der Waals surface area contributed by atoms with Crippen LogP contribution in [0.25, 0.3) is 0 Å². The van der Waals surface area contributed by atoms with Crippen LogP contribution in [-0.2, 0) is 6.54 Å². The molecule has 2 heterocycles. The van der Waals surface area contributed by atoms with Crippen molar-refractivity contribution in [2.75, 3.05) is 0 Å². The highest BCUT2D eigenvalue weighted by Gasteiger charge is 2.06. The molecule has 0 saturated heterocycles. The van der Waals surface area contributed by atoms with Crippen LogP contribution in [0, 0.1) is 0 Å². The third kappa shape index (κ3) is 2.13. The Morgan fingerprint density at radius 3 is 2.93 bits per heavy atom. The van der Waals surface area contributed by atoms with E-state index in [1.165, 1.54) is 6.20 Å². The van der Waals surface area contributed by atoms with Crippen molar-refractivity contribution in [1.29, 1.82) is 0 Å². The summed E-state index contributed by atoms with van der Waals surface area (Å²) in [6, 6.07) is 0. The number of carbonyl (C=O) groups is 1. The third-order valence-corrected chi connectivity index (χ3v) is 1.85. The van der Waals surface area contributed by atoms with Crippen molar-refractivity contribution in [3.8, 4) is 0 Å². The highest BCUT2D eigenvalue weighted by molar-refractivity contribution is 5.91. The van der Waals surface area contributed by atoms with Crippen molar-refractivity contribution in [2.24, 2.45) is 0 Å². The zero-order valence-corrected chi connectivity index (χ0v) is 7.70. The summed E-state index contributed by atoms with van der Waals surface area (Å²) in [5.74, 6) is -0.338. The molecule has 0 atom stereocenters. The summed E-state index contributed by atoms with van der Waals surface area (Å²) in [5.41, 5.74) is 0.674. The van der Waals surface area contributed by atoms with Crippen LogP contribution < -0.4 is 11.0 Å². The van der Waals surface area contributed by atoms with E-state index in [9.17, 15) is 9.59 Å². The van der Waals surface area contributed by atoms with Crippen molar-refractivity contribution >= 4 is 5.91 Å². The molecule has 15 heavy (non-hydrogen) atoms. The number of H-pyrrole nitrogens is 3. The summed E-state index contributed by atoms with van der Waals surface area (Å²) < 4.78 is 0. The molecule has 7 heteroatoms. The first kappa shape index (κ1) is 9.25. The number of carbonyl (C=O) groups excluding carboxylic acids is 1. The van der Waals surface area contributed by atoms with Crippen LogP contribution in [0.5, 0.6) is 0 Å². The average Bonchev–Trinajstić information content (AvgIpc) is 2.84. The lowest BCUT2D eigenvalue weighted by Crippen LogP contribution is -2.23. The fourth-order valence-electron chi connectivity index (χ4n) is 1.11. The summed E-state index contributed by atoms with van der Waals surface area (Å²) in [6.45, 7) is 0.364. The molecule has 0 aliphatic heterocycles. The van der Waals surface area contributed by atoms with Gasteiger partial charge >= 0.3 is 5.69 Å². The van der Waals surface area contributed by atoms with Gasteiger partial charge in [-0.3, -0.25) is 9.89 Å². The van der Waals surface area contributed by atoms with Gasteiger partial charge in [0.25, 0.3) is 5.91 Å². The number of imidazole rings is 1. The summed E-state index contributed by atoms with van der Waals surface area (Å²) in [4.78, 5) is 26.9. The Bertz CT molecular complexity index is 495. The number of amides is 1. The van der Waals surface area contributed by atoms with Crippen molar-refractivity contribution in [3.05, 3.63) is 40.3 Å². The molecule has 1 amide bonds. The largest absolute Gasteiger partial charge is 0.347 e. The van der Waals surface area contributed by atoms with Gasteiger partial charge in [-0.25, -0.2) is 4.79 Å². The number of nitrogens with zero attached hydrogens (tertiary/aromatic N) is 1. The van der Waals surface area contributed by atoms with Gasteiger partial charge in [0.2, 0.25) is 0 Å². The number of hydrogen-bond acceptors (Lipinski definition) is 3. The van der Waals surface area contributed by atoms with E-state index in [0.717, 1.165) is 5.56 Å². The highest BCUT2D eigenvalue weighted by atomic mass is 16.2. The maximum absolute atomic E-state index is 11.4. The van der Waals surface area contributed by atoms with Crippen molar-refractivity contribution in [1.82, 2.24) is 25.5 Å². The lowest BCUT2D eigenvalue weighted by atomic mass is 10.3. The standard InChI is InChI=1S/C8H9N5O2/c14-7(6-4-10-8(15)13-6)9-1-5-2-11-12-3-5/h2-4H,1H2,(H,9,14)(H,11,12)(H2,10,13,15). The zero-order chi connectivity index (χ0) is 10.7. The second kappa shape index (κ2) is 3.82. The maximum Gasteiger partial charge on any atom is 0.323 e. The molecule has 78 valence electrons. The predicted octanol–water partition coefficient (Wildman–Crippen LogP) is -0.644. The molecular weight excluding hydrogens is 198 g/mol. The molecular formula is C8H9N5O2. The zero-order valence-electron chi connectivity index (χ0n) is 7.70. The minimum Gasteiger partial charge on any atom is -0.347 e. The van der Waals surface area contributed by atoms with Crippen LogP contribution >= 0.6 is 0 Å². The van der Waals surface area contributed by atoms with Crippen LogP contribution in [-0.4, -0.2) is 26.1 Å². The molecule has 0 spiro atoms. The van der Waals surface area contributed by atoms with E-state index >= 15 is 0 Å². The number of aromatic amines is 3. The fraction of sp³-hybridized carbons (Fsp3) is 0.125. The lowest BCUT2D eigenvalue weighted by Gasteiger charge is -1.99. The van der Waals surface area contributed by atoms with E-state index in [0.29, 0.717) is 6.54 Å². The Morgan fingerprint density at radius 1 is 1.47 bits per heavy atom. The van der Waals surface area contributed by atoms with Gasteiger partial charge in [0.05, 0.1) is 6.20 Å². The second-order valence-corrected chi connectivity index (χ2v) is 2.95. The third-order valence-electron chi connectivity index (χ3n) is 1.85. The van der Waals surface area contributed by atoms with E-state index in [4.69, 9.17) is 0 Å². The molecule has 7 nitrogen and oxygen atoms in total. The van der Waals surface area contributed by atoms with Crippen LogP contribution in [0.2, 0.25) is 0 Å². The van der Waals surface area contributed by atoms with E-state index in [-0.39, 0.29) is 11.6 Å². The van der Waals surface area contributed by atoms with Gasteiger partial charge in [-0.15, -0.1) is 0 Å². The molecule has 0 bridgehead atoms. The first-order valence-corrected chi connectivity index (χ1v) is 4.29. The highest BCUT2D eigenvalue weighted by Crippen LogP contribution is 1.94. The van der Waals surface area contributed by atoms with Gasteiger partial charge in [-0.05, 0) is 0 Å². The van der Waals surface area contributed by atoms with Gasteiger partial charge in [-0.1, -0.05) is 0 Å². The Hall–Kier alpha value is -2.31. The van der Waals surface area contributed by atoms with Crippen molar-refractivity contribution in [2.45, 2.75) is 6.54 Å². The SMILES string of the molecule is O=C(NCc1cn[nH]c1)c1c[nH]c(=O)[nH]1. The predicted molar refractivity (Wildman–Crippen MR) is 51.2 cm³/mol. The number of rotatable bonds is 3. The molecule has 4 N–H and O–H groups in total. The van der Waals surface area contributed by atoms with Gasteiger partial charge in [0, 0.05) is 24.5 Å². The number of aromatic nitrogens is 4. The van der Waals surface area contributed by atoms with Crippen molar-refractivity contribution < 1.29 is 4.79 Å². The van der Waals surface area contributed by atoms with Gasteiger partial charge in [0.15, 0.2) is 0 Å². The molecule has 2 aromatic heterocycles. The summed E-state index contributed by atoms with van der Waals surface area (Å²) in [7, 11) is 0. The molecule has 0 aromatic carbocycles. The first-order chi connectivity index (χ1) is 7.25. The molecule has 0 fully saturated rings. The van der Waals surface area contributed by atoms with Crippen LogP contribution in [0.1, 0.15) is 16.1 Å². The van der Waals surface area contributed by atoms with Crippen molar-refractivity contribution in [3.63, 3.8) is 0 Å². The number of hydrogen-bond donors (Lipinski definition) is 4. The molecule has 0 aliphatic rings. The molecule has 0 radical (unpaired) electrons. The molecule has 0 saturated carbocycles. The van der Waals surface area contributed by atoms with Gasteiger partial charge in [-0.2, -0.15) is 5.10 Å². The normalized spacial score (nSPS) is 10.1. The second-order valence-electron chi connectivity index (χ2n) is 2.95. The molecule has 2 aromatic rings. The van der Waals surface area contributed by atoms with E-state index in [1.54, 1.807) is 12.4 Å². The minimum atomic E-state index is -0.400. The van der Waals surface area contributed by atoms with Gasteiger partial charge < -0.3 is 15.3 Å². The topological polar surface area (TPSA) is 106 Å².